The fraction of sp³-hybridized carbons (Fsp3) is 0.438. The Bertz CT molecular complexity index is 501. The van der Waals surface area contributed by atoms with Gasteiger partial charge in [-0.15, -0.1) is 0 Å². The van der Waals surface area contributed by atoms with Gasteiger partial charge in [-0.25, -0.2) is 0 Å². The average molecular weight is 224 g/mol. The molecular weight excluding hydrogens is 208 g/mol. The highest BCUT2D eigenvalue weighted by Gasteiger charge is 2.57. The highest BCUT2D eigenvalue weighted by molar-refractivity contribution is 5.90. The van der Waals surface area contributed by atoms with Gasteiger partial charge in [0.05, 0.1) is 5.41 Å². The summed E-state index contributed by atoms with van der Waals surface area (Å²) in [6.45, 7) is 1.69. The molecule has 86 valence electrons. The van der Waals surface area contributed by atoms with Gasteiger partial charge in [0, 0.05) is 11.8 Å². The summed E-state index contributed by atoms with van der Waals surface area (Å²) in [4.78, 5) is 11.8. The van der Waals surface area contributed by atoms with Crippen molar-refractivity contribution < 1.29 is 4.79 Å². The third-order valence-corrected chi connectivity index (χ3v) is 3.87. The lowest BCUT2D eigenvalue weighted by Gasteiger charge is -2.06. The molecule has 1 aromatic carbocycles. The molecule has 0 saturated heterocycles. The number of rotatable bonds is 2. The lowest BCUT2D eigenvalue weighted by atomic mass is 9.95. The summed E-state index contributed by atoms with van der Waals surface area (Å²) in [7, 11) is 0. The SMILES string of the molecule is CC(=O)[C@@]1(C#CC2CC2)C[C@@H]1c1ccccc1. The first-order valence-electron chi connectivity index (χ1n) is 6.31. The van der Waals surface area contributed by atoms with E-state index in [-0.39, 0.29) is 11.2 Å². The molecular formula is C16H16O. The maximum Gasteiger partial charge on any atom is 0.148 e. The zero-order valence-corrected chi connectivity index (χ0v) is 10.1. The number of ketones is 1. The second kappa shape index (κ2) is 3.74. The predicted octanol–water partition coefficient (Wildman–Crippen LogP) is 3.16. The predicted molar refractivity (Wildman–Crippen MR) is 67.4 cm³/mol. The molecule has 2 aliphatic rings. The van der Waals surface area contributed by atoms with Gasteiger partial charge in [-0.3, -0.25) is 4.79 Å². The van der Waals surface area contributed by atoms with Crippen molar-refractivity contribution in [1.29, 1.82) is 0 Å². The largest absolute Gasteiger partial charge is 0.298 e. The van der Waals surface area contributed by atoms with Crippen LogP contribution in [0.2, 0.25) is 0 Å². The van der Waals surface area contributed by atoms with E-state index in [0.29, 0.717) is 11.8 Å². The minimum atomic E-state index is -0.357. The summed E-state index contributed by atoms with van der Waals surface area (Å²) in [5.74, 6) is 7.68. The molecule has 1 heteroatoms. The number of carbonyl (C=O) groups excluding carboxylic acids is 1. The van der Waals surface area contributed by atoms with E-state index in [9.17, 15) is 4.79 Å². The summed E-state index contributed by atoms with van der Waals surface area (Å²) in [5, 5.41) is 0. The Morgan fingerprint density at radius 1 is 1.29 bits per heavy atom. The van der Waals surface area contributed by atoms with E-state index in [1.54, 1.807) is 6.92 Å². The van der Waals surface area contributed by atoms with E-state index in [0.717, 1.165) is 6.42 Å². The molecule has 0 aliphatic heterocycles. The van der Waals surface area contributed by atoms with Crippen molar-refractivity contribution in [2.75, 3.05) is 0 Å². The number of hydrogen-bond donors (Lipinski definition) is 0. The number of carbonyl (C=O) groups is 1. The molecule has 0 heterocycles. The Hall–Kier alpha value is -1.55. The molecule has 0 N–H and O–H groups in total. The minimum Gasteiger partial charge on any atom is -0.298 e. The quantitative estimate of drug-likeness (QED) is 0.705. The Kier molecular flexibility index (Phi) is 2.33. The van der Waals surface area contributed by atoms with Crippen molar-refractivity contribution in [1.82, 2.24) is 0 Å². The Morgan fingerprint density at radius 3 is 2.59 bits per heavy atom. The smallest absolute Gasteiger partial charge is 0.148 e. The van der Waals surface area contributed by atoms with Gasteiger partial charge >= 0.3 is 0 Å². The molecule has 0 bridgehead atoms. The molecule has 3 rings (SSSR count). The molecule has 0 spiro atoms. The van der Waals surface area contributed by atoms with Crippen LogP contribution in [0.4, 0.5) is 0 Å². The standard InChI is InChI=1S/C16H16O/c1-12(17)16(10-9-13-7-8-13)11-15(16)14-5-3-2-4-6-14/h2-6,13,15H,7-8,11H2,1H3/t15-,16-/m1/s1. The normalized spacial score (nSPS) is 30.3. The van der Waals surface area contributed by atoms with Crippen LogP contribution in [0.5, 0.6) is 0 Å². The van der Waals surface area contributed by atoms with Crippen LogP contribution in [0.3, 0.4) is 0 Å². The second-order valence-electron chi connectivity index (χ2n) is 5.24. The van der Waals surface area contributed by atoms with E-state index >= 15 is 0 Å². The third kappa shape index (κ3) is 1.89. The summed E-state index contributed by atoms with van der Waals surface area (Å²) in [6.07, 6.45) is 3.35. The maximum atomic E-state index is 11.8. The zero-order chi connectivity index (χ0) is 11.9. The van der Waals surface area contributed by atoms with Gasteiger partial charge in [0.25, 0.3) is 0 Å². The number of hydrogen-bond acceptors (Lipinski definition) is 1. The Morgan fingerprint density at radius 2 is 2.00 bits per heavy atom. The van der Waals surface area contributed by atoms with E-state index in [1.807, 2.05) is 18.2 Å². The zero-order valence-electron chi connectivity index (χ0n) is 10.1. The van der Waals surface area contributed by atoms with Crippen molar-refractivity contribution in [2.45, 2.75) is 32.1 Å². The molecule has 17 heavy (non-hydrogen) atoms. The van der Waals surface area contributed by atoms with Crippen LogP contribution >= 0.6 is 0 Å². The van der Waals surface area contributed by atoms with Crippen LogP contribution in [0.15, 0.2) is 30.3 Å². The fourth-order valence-corrected chi connectivity index (χ4v) is 2.42. The van der Waals surface area contributed by atoms with Crippen molar-refractivity contribution in [3.8, 4) is 11.8 Å². The fourth-order valence-electron chi connectivity index (χ4n) is 2.42. The van der Waals surface area contributed by atoms with E-state index in [4.69, 9.17) is 0 Å². The van der Waals surface area contributed by atoms with Crippen LogP contribution < -0.4 is 0 Å². The molecule has 2 saturated carbocycles. The van der Waals surface area contributed by atoms with Crippen LogP contribution in [-0.4, -0.2) is 5.78 Å². The van der Waals surface area contributed by atoms with Gasteiger partial charge in [-0.2, -0.15) is 0 Å². The minimum absolute atomic E-state index is 0.236. The molecule has 0 aromatic heterocycles. The first-order valence-corrected chi connectivity index (χ1v) is 6.31. The Balaban J connectivity index is 1.86. The molecule has 2 fully saturated rings. The average Bonchev–Trinajstić information content (AvgIpc) is 3.22. The number of Topliss-reactive ketones (excluding diaryl/α,β-unsaturated/α-hetero) is 1. The first kappa shape index (κ1) is 10.6. The molecule has 0 amide bonds. The van der Waals surface area contributed by atoms with Crippen LogP contribution in [0.1, 0.15) is 37.7 Å². The highest BCUT2D eigenvalue weighted by atomic mass is 16.1. The molecule has 0 radical (unpaired) electrons. The van der Waals surface area contributed by atoms with Crippen LogP contribution in [0.25, 0.3) is 0 Å². The lowest BCUT2D eigenvalue weighted by Crippen LogP contribution is -2.12. The van der Waals surface area contributed by atoms with Gasteiger partial charge in [0.1, 0.15) is 5.78 Å². The van der Waals surface area contributed by atoms with Gasteiger partial charge in [-0.1, -0.05) is 42.2 Å². The highest BCUT2D eigenvalue weighted by Crippen LogP contribution is 2.59. The van der Waals surface area contributed by atoms with Crippen LogP contribution in [-0.2, 0) is 4.79 Å². The molecule has 2 aliphatic carbocycles. The van der Waals surface area contributed by atoms with Gasteiger partial charge in [0.15, 0.2) is 0 Å². The molecule has 0 unspecified atom stereocenters. The van der Waals surface area contributed by atoms with Gasteiger partial charge < -0.3 is 0 Å². The second-order valence-corrected chi connectivity index (χ2v) is 5.24. The van der Waals surface area contributed by atoms with Crippen molar-refractivity contribution in [3.05, 3.63) is 35.9 Å². The third-order valence-electron chi connectivity index (χ3n) is 3.87. The van der Waals surface area contributed by atoms with Crippen molar-refractivity contribution in [2.24, 2.45) is 11.3 Å². The summed E-state index contributed by atoms with van der Waals surface area (Å²) in [5.41, 5.74) is 0.900. The topological polar surface area (TPSA) is 17.1 Å². The molecule has 1 aromatic rings. The number of benzene rings is 1. The first-order chi connectivity index (χ1) is 8.22. The Labute approximate surface area is 102 Å². The maximum absolute atomic E-state index is 11.8. The van der Waals surface area contributed by atoms with Crippen molar-refractivity contribution in [3.63, 3.8) is 0 Å². The van der Waals surface area contributed by atoms with Gasteiger partial charge in [-0.05, 0) is 31.7 Å². The van der Waals surface area contributed by atoms with Gasteiger partial charge in [0.2, 0.25) is 0 Å². The van der Waals surface area contributed by atoms with E-state index in [2.05, 4.69) is 24.0 Å². The van der Waals surface area contributed by atoms with Crippen molar-refractivity contribution >= 4 is 5.78 Å². The van der Waals surface area contributed by atoms with Crippen LogP contribution in [0, 0.1) is 23.2 Å². The lowest BCUT2D eigenvalue weighted by molar-refractivity contribution is -0.120. The summed E-state index contributed by atoms with van der Waals surface area (Å²) in [6, 6.07) is 10.3. The van der Waals surface area contributed by atoms with E-state index in [1.165, 1.54) is 18.4 Å². The summed E-state index contributed by atoms with van der Waals surface area (Å²) < 4.78 is 0. The molecule has 2 atom stereocenters. The monoisotopic (exact) mass is 224 g/mol. The summed E-state index contributed by atoms with van der Waals surface area (Å²) >= 11 is 0. The van der Waals surface area contributed by atoms with E-state index < -0.39 is 0 Å². The molecule has 1 nitrogen and oxygen atoms in total.